The Balaban J connectivity index is 1.78. The number of rotatable bonds is 10. The molecular formula is C26H33F4N3O4S. The lowest BCUT2D eigenvalue weighted by Crippen LogP contribution is -2.54. The van der Waals surface area contributed by atoms with Gasteiger partial charge in [0.2, 0.25) is 0 Å². The third-order valence-electron chi connectivity index (χ3n) is 6.38. The first-order chi connectivity index (χ1) is 17.8. The fourth-order valence-corrected chi connectivity index (χ4v) is 6.23. The average molecular weight is 560 g/mol. The Bertz CT molecular complexity index is 1180. The monoisotopic (exact) mass is 559 g/mol. The van der Waals surface area contributed by atoms with Gasteiger partial charge in [0.15, 0.2) is 0 Å². The van der Waals surface area contributed by atoms with Crippen LogP contribution in [0.4, 0.5) is 23.2 Å². The van der Waals surface area contributed by atoms with Crippen molar-refractivity contribution in [1.29, 1.82) is 0 Å². The van der Waals surface area contributed by atoms with Gasteiger partial charge >= 0.3 is 22.4 Å². The van der Waals surface area contributed by atoms with E-state index in [0.29, 0.717) is 38.0 Å². The Hall–Kier alpha value is -2.70. The van der Waals surface area contributed by atoms with E-state index < -0.39 is 45.8 Å². The lowest BCUT2D eigenvalue weighted by molar-refractivity contribution is -0.143. The van der Waals surface area contributed by atoms with Crippen LogP contribution in [0.15, 0.2) is 48.5 Å². The van der Waals surface area contributed by atoms with Gasteiger partial charge in [0.05, 0.1) is 18.4 Å². The van der Waals surface area contributed by atoms with Gasteiger partial charge in [-0.2, -0.15) is 26.3 Å². The maximum absolute atomic E-state index is 14.1. The molecule has 3 rings (SSSR count). The van der Waals surface area contributed by atoms with Crippen molar-refractivity contribution in [2.75, 3.05) is 24.5 Å². The molecule has 1 saturated heterocycles. The van der Waals surface area contributed by atoms with E-state index in [2.05, 4.69) is 4.72 Å². The van der Waals surface area contributed by atoms with Crippen LogP contribution >= 0.6 is 0 Å². The number of ether oxygens (including phenoxy) is 1. The summed E-state index contributed by atoms with van der Waals surface area (Å²) in [7, 11) is -3.11. The van der Waals surface area contributed by atoms with Crippen molar-refractivity contribution in [3.63, 3.8) is 0 Å². The smallest absolute Gasteiger partial charge is 0.416 e. The molecule has 0 amide bonds. The van der Waals surface area contributed by atoms with Crippen molar-refractivity contribution >= 4 is 21.9 Å². The van der Waals surface area contributed by atoms with E-state index in [4.69, 9.17) is 4.74 Å². The summed E-state index contributed by atoms with van der Waals surface area (Å²) in [5.41, 5.74) is 0.125. The number of halogens is 4. The molecular weight excluding hydrogens is 526 g/mol. The summed E-state index contributed by atoms with van der Waals surface area (Å²) in [5.74, 6) is -1.32. The van der Waals surface area contributed by atoms with Gasteiger partial charge in [-0.3, -0.25) is 14.0 Å². The molecule has 0 saturated carbocycles. The molecule has 7 nitrogen and oxygen atoms in total. The number of carbonyl (C=O) groups excluding carboxylic acids is 1. The van der Waals surface area contributed by atoms with E-state index in [1.54, 1.807) is 0 Å². The molecule has 0 aromatic heterocycles. The van der Waals surface area contributed by atoms with E-state index in [-0.39, 0.29) is 18.0 Å². The minimum atomic E-state index is -4.40. The molecule has 210 valence electrons. The maximum atomic E-state index is 14.1. The van der Waals surface area contributed by atoms with Gasteiger partial charge in [-0.15, -0.1) is 0 Å². The van der Waals surface area contributed by atoms with Crippen molar-refractivity contribution in [1.82, 2.24) is 9.62 Å². The summed E-state index contributed by atoms with van der Waals surface area (Å²) in [6.07, 6.45) is -3.40. The van der Waals surface area contributed by atoms with Crippen molar-refractivity contribution in [3.05, 3.63) is 65.5 Å². The first kappa shape index (κ1) is 29.9. The molecule has 1 aliphatic heterocycles. The number of nitrogens with zero attached hydrogens (tertiary/aromatic N) is 2. The second kappa shape index (κ2) is 12.4. The summed E-state index contributed by atoms with van der Waals surface area (Å²) in [5, 5.41) is 0. The van der Waals surface area contributed by atoms with Crippen molar-refractivity contribution < 1.29 is 35.5 Å². The molecule has 1 heterocycles. The average Bonchev–Trinajstić information content (AvgIpc) is 2.83. The first-order valence-corrected chi connectivity index (χ1v) is 13.8. The van der Waals surface area contributed by atoms with Gasteiger partial charge < -0.3 is 4.74 Å². The number of benzene rings is 2. The predicted octanol–water partition coefficient (Wildman–Crippen LogP) is 4.74. The molecule has 0 spiro atoms. The molecule has 12 heteroatoms. The molecule has 0 bridgehead atoms. The lowest BCUT2D eigenvalue weighted by atomic mass is 10.0. The SMILES string of the molecule is COC(=O)[C@@H](CC(C)C)NS(=O)(=O)N(c1cccc(F)c1)C1CCN(Cc2ccc(C(F)(F)F)cc2)CC1. The zero-order valence-corrected chi connectivity index (χ0v) is 22.4. The number of piperidine rings is 1. The summed E-state index contributed by atoms with van der Waals surface area (Å²) in [6.45, 7) is 5.05. The van der Waals surface area contributed by atoms with Crippen molar-refractivity contribution in [3.8, 4) is 0 Å². The Kier molecular flexibility index (Phi) is 9.77. The van der Waals surface area contributed by atoms with E-state index in [1.807, 2.05) is 18.7 Å². The standard InChI is InChI=1S/C26H33F4N3O4S/c1-18(2)15-24(25(34)37-3)31-38(35,36)33(23-6-4-5-21(27)16-23)22-11-13-32(14-12-22)17-19-7-9-20(10-8-19)26(28,29)30/h4-10,16,18,22,24,31H,11-15,17H2,1-3H3/t24-/m1/s1. The molecule has 2 aromatic carbocycles. The highest BCUT2D eigenvalue weighted by Gasteiger charge is 2.36. The second-order valence-corrected chi connectivity index (χ2v) is 11.4. The predicted molar refractivity (Wildman–Crippen MR) is 136 cm³/mol. The minimum absolute atomic E-state index is 0.00199. The summed E-state index contributed by atoms with van der Waals surface area (Å²) in [6, 6.07) is 8.56. The highest BCUT2D eigenvalue weighted by molar-refractivity contribution is 7.91. The number of anilines is 1. The molecule has 2 aromatic rings. The minimum Gasteiger partial charge on any atom is -0.468 e. The number of carbonyl (C=O) groups is 1. The molecule has 1 fully saturated rings. The van der Waals surface area contributed by atoms with Crippen LogP contribution in [0.3, 0.4) is 0 Å². The quantitative estimate of drug-likeness (QED) is 0.336. The third-order valence-corrected chi connectivity index (χ3v) is 7.99. The van der Waals surface area contributed by atoms with E-state index >= 15 is 0 Å². The van der Waals surface area contributed by atoms with Gasteiger partial charge in [-0.1, -0.05) is 32.0 Å². The van der Waals surface area contributed by atoms with Crippen LogP contribution in [0.5, 0.6) is 0 Å². The molecule has 0 radical (unpaired) electrons. The summed E-state index contributed by atoms with van der Waals surface area (Å²) >= 11 is 0. The van der Waals surface area contributed by atoms with Crippen molar-refractivity contribution in [2.45, 2.75) is 57.9 Å². The zero-order chi connectivity index (χ0) is 28.1. The molecule has 1 N–H and O–H groups in total. The topological polar surface area (TPSA) is 78.9 Å². The Morgan fingerprint density at radius 3 is 2.29 bits per heavy atom. The molecule has 38 heavy (non-hydrogen) atoms. The Morgan fingerprint density at radius 2 is 1.76 bits per heavy atom. The molecule has 1 atom stereocenters. The molecule has 1 aliphatic rings. The second-order valence-electron chi connectivity index (χ2n) is 9.81. The van der Waals surface area contributed by atoms with Crippen LogP contribution in [-0.2, 0) is 32.5 Å². The fraction of sp³-hybridized carbons (Fsp3) is 0.500. The highest BCUT2D eigenvalue weighted by atomic mass is 32.2. The lowest BCUT2D eigenvalue weighted by Gasteiger charge is -2.39. The van der Waals surface area contributed by atoms with Gasteiger partial charge in [0, 0.05) is 25.7 Å². The van der Waals surface area contributed by atoms with Gasteiger partial charge in [-0.05, 0) is 61.1 Å². The van der Waals surface area contributed by atoms with E-state index in [9.17, 15) is 30.8 Å². The number of alkyl halides is 3. The first-order valence-electron chi connectivity index (χ1n) is 12.3. The largest absolute Gasteiger partial charge is 0.468 e. The normalized spacial score (nSPS) is 16.4. The molecule has 0 unspecified atom stereocenters. The molecule has 0 aliphatic carbocycles. The summed E-state index contributed by atoms with van der Waals surface area (Å²) < 4.78 is 88.3. The van der Waals surface area contributed by atoms with Crippen LogP contribution < -0.4 is 9.03 Å². The zero-order valence-electron chi connectivity index (χ0n) is 21.5. The van der Waals surface area contributed by atoms with Crippen LogP contribution in [0.1, 0.15) is 44.2 Å². The van der Waals surface area contributed by atoms with Gasteiger partial charge in [0.25, 0.3) is 0 Å². The number of methoxy groups -OCH3 is 1. The Labute approximate surface area is 220 Å². The van der Waals surface area contributed by atoms with Crippen LogP contribution in [0, 0.1) is 11.7 Å². The number of esters is 1. The maximum Gasteiger partial charge on any atom is 0.416 e. The number of hydrogen-bond donors (Lipinski definition) is 1. The van der Waals surface area contributed by atoms with Gasteiger partial charge in [0.1, 0.15) is 11.9 Å². The van der Waals surface area contributed by atoms with Crippen LogP contribution in [0.2, 0.25) is 0 Å². The number of nitrogens with one attached hydrogen (secondary N) is 1. The van der Waals surface area contributed by atoms with E-state index in [0.717, 1.165) is 22.5 Å². The van der Waals surface area contributed by atoms with E-state index in [1.165, 1.54) is 37.4 Å². The van der Waals surface area contributed by atoms with Crippen LogP contribution in [0.25, 0.3) is 0 Å². The van der Waals surface area contributed by atoms with Gasteiger partial charge in [-0.25, -0.2) is 4.39 Å². The Morgan fingerprint density at radius 1 is 1.13 bits per heavy atom. The van der Waals surface area contributed by atoms with Crippen molar-refractivity contribution in [2.24, 2.45) is 5.92 Å². The fourth-order valence-electron chi connectivity index (χ4n) is 4.57. The number of likely N-dealkylation sites (tertiary alicyclic amines) is 1. The number of hydrogen-bond acceptors (Lipinski definition) is 5. The third kappa shape index (κ3) is 7.90. The highest BCUT2D eigenvalue weighted by Crippen LogP contribution is 2.30. The van der Waals surface area contributed by atoms with Crippen LogP contribution in [-0.4, -0.2) is 51.6 Å². The summed E-state index contributed by atoms with van der Waals surface area (Å²) in [4.78, 5) is 14.3.